The highest BCUT2D eigenvalue weighted by Crippen LogP contribution is 2.23. The first-order valence-corrected chi connectivity index (χ1v) is 4.92. The molecule has 0 aliphatic carbocycles. The van der Waals surface area contributed by atoms with Crippen LogP contribution in [0.5, 0.6) is 0 Å². The summed E-state index contributed by atoms with van der Waals surface area (Å²) >= 11 is 0. The van der Waals surface area contributed by atoms with Gasteiger partial charge in [0.05, 0.1) is 18.0 Å². The van der Waals surface area contributed by atoms with Crippen molar-refractivity contribution < 1.29 is 13.7 Å². The second-order valence-corrected chi connectivity index (χ2v) is 3.67. The van der Waals surface area contributed by atoms with E-state index >= 15 is 0 Å². The Labute approximate surface area is 96.8 Å². The summed E-state index contributed by atoms with van der Waals surface area (Å²) in [6.07, 6.45) is 0. The van der Waals surface area contributed by atoms with Crippen LogP contribution in [0, 0.1) is 17.0 Å². The van der Waals surface area contributed by atoms with Crippen molar-refractivity contribution in [3.63, 3.8) is 0 Å². The maximum Gasteiger partial charge on any atom is 0.276 e. The molecule has 0 unspecified atom stereocenters. The molecule has 1 aromatic rings. The average Bonchev–Trinajstić information content (AvgIpc) is 2.27. The summed E-state index contributed by atoms with van der Waals surface area (Å²) in [5.74, 6) is -3.03. The molecular weight excluding hydrogens is 232 g/mol. The van der Waals surface area contributed by atoms with Gasteiger partial charge in [0.2, 0.25) is 0 Å². The van der Waals surface area contributed by atoms with Crippen LogP contribution in [0.1, 0.15) is 5.56 Å². The number of nitrogens with one attached hydrogen (secondary N) is 1. The lowest BCUT2D eigenvalue weighted by Gasteiger charge is -2.15. The molecule has 0 spiro atoms. The number of rotatable bonds is 5. The van der Waals surface area contributed by atoms with Gasteiger partial charge in [0.1, 0.15) is 0 Å². The van der Waals surface area contributed by atoms with Crippen molar-refractivity contribution in [1.82, 2.24) is 0 Å². The van der Waals surface area contributed by atoms with Crippen LogP contribution in [0.15, 0.2) is 18.2 Å². The second-order valence-electron chi connectivity index (χ2n) is 3.67. The molecule has 0 fully saturated rings. The Bertz CT molecular complexity index is 424. The average molecular weight is 245 g/mol. The molecule has 3 N–H and O–H groups in total. The number of hydrogen-bond donors (Lipinski definition) is 2. The topological polar surface area (TPSA) is 81.2 Å². The van der Waals surface area contributed by atoms with Crippen molar-refractivity contribution in [2.75, 3.05) is 18.4 Å². The highest BCUT2D eigenvalue weighted by molar-refractivity contribution is 5.54. The van der Waals surface area contributed by atoms with Gasteiger partial charge >= 0.3 is 0 Å². The minimum atomic E-state index is -3.03. The standard InChI is InChI=1S/C10H13F2N3O2/c1-7-2-3-8(4-9(7)15(16)17)14-6-10(11,12)5-13/h2-4,14H,5-6,13H2,1H3. The predicted octanol–water partition coefficient (Wildman–Crippen LogP) is 1.91. The molecule has 17 heavy (non-hydrogen) atoms. The van der Waals surface area contributed by atoms with E-state index < -0.39 is 23.9 Å². The Morgan fingerprint density at radius 2 is 2.18 bits per heavy atom. The molecule has 0 aliphatic heterocycles. The highest BCUT2D eigenvalue weighted by Gasteiger charge is 2.26. The SMILES string of the molecule is Cc1ccc(NCC(F)(F)CN)cc1[N+](=O)[O-]. The molecule has 5 nitrogen and oxygen atoms in total. The molecule has 7 heteroatoms. The predicted molar refractivity (Wildman–Crippen MR) is 60.3 cm³/mol. The maximum absolute atomic E-state index is 12.9. The highest BCUT2D eigenvalue weighted by atomic mass is 19.3. The van der Waals surface area contributed by atoms with E-state index in [1.54, 1.807) is 6.92 Å². The Morgan fingerprint density at radius 3 is 2.71 bits per heavy atom. The monoisotopic (exact) mass is 245 g/mol. The molecule has 0 saturated heterocycles. The third kappa shape index (κ3) is 3.63. The molecule has 94 valence electrons. The number of halogens is 2. The van der Waals surface area contributed by atoms with Gasteiger partial charge in [-0.2, -0.15) is 0 Å². The summed E-state index contributed by atoms with van der Waals surface area (Å²) in [5, 5.41) is 13.1. The minimum Gasteiger partial charge on any atom is -0.379 e. The summed E-state index contributed by atoms with van der Waals surface area (Å²) in [7, 11) is 0. The van der Waals surface area contributed by atoms with Gasteiger partial charge in [-0.1, -0.05) is 6.07 Å². The lowest BCUT2D eigenvalue weighted by atomic mass is 10.2. The van der Waals surface area contributed by atoms with E-state index in [0.29, 0.717) is 5.56 Å². The number of nitrogens with two attached hydrogens (primary N) is 1. The van der Waals surface area contributed by atoms with Crippen LogP contribution in [0.4, 0.5) is 20.2 Å². The van der Waals surface area contributed by atoms with Gasteiger partial charge in [-0.05, 0) is 13.0 Å². The van der Waals surface area contributed by atoms with Crippen molar-refractivity contribution in [3.8, 4) is 0 Å². The Morgan fingerprint density at radius 1 is 1.53 bits per heavy atom. The van der Waals surface area contributed by atoms with Gasteiger partial charge < -0.3 is 11.1 Å². The van der Waals surface area contributed by atoms with Gasteiger partial charge in [-0.3, -0.25) is 10.1 Å². The lowest BCUT2D eigenvalue weighted by Crippen LogP contribution is -2.35. The van der Waals surface area contributed by atoms with Crippen LogP contribution in [0.25, 0.3) is 0 Å². The number of aryl methyl sites for hydroxylation is 1. The van der Waals surface area contributed by atoms with E-state index in [9.17, 15) is 18.9 Å². The molecule has 0 heterocycles. The first kappa shape index (κ1) is 13.3. The summed E-state index contributed by atoms with van der Waals surface area (Å²) < 4.78 is 25.7. The number of anilines is 1. The molecule has 0 radical (unpaired) electrons. The molecule has 1 aromatic carbocycles. The Hall–Kier alpha value is -1.76. The van der Waals surface area contributed by atoms with Crippen LogP contribution in [0.2, 0.25) is 0 Å². The van der Waals surface area contributed by atoms with Crippen LogP contribution in [-0.2, 0) is 0 Å². The van der Waals surface area contributed by atoms with Gasteiger partial charge in [0.25, 0.3) is 11.6 Å². The third-order valence-electron chi connectivity index (χ3n) is 2.26. The molecule has 0 amide bonds. The summed E-state index contributed by atoms with van der Waals surface area (Å²) in [6, 6.07) is 4.23. The van der Waals surface area contributed by atoms with E-state index in [4.69, 9.17) is 5.73 Å². The van der Waals surface area contributed by atoms with Crippen LogP contribution in [0.3, 0.4) is 0 Å². The number of alkyl halides is 2. The van der Waals surface area contributed by atoms with E-state index in [2.05, 4.69) is 5.32 Å². The fourth-order valence-corrected chi connectivity index (χ4v) is 1.22. The number of nitro groups is 1. The van der Waals surface area contributed by atoms with Crippen molar-refractivity contribution >= 4 is 11.4 Å². The number of nitrogens with zero attached hydrogens (tertiary/aromatic N) is 1. The van der Waals surface area contributed by atoms with Crippen molar-refractivity contribution in [2.45, 2.75) is 12.8 Å². The quantitative estimate of drug-likeness (QED) is 0.613. The van der Waals surface area contributed by atoms with E-state index in [1.807, 2.05) is 0 Å². The molecule has 0 aliphatic rings. The fourth-order valence-electron chi connectivity index (χ4n) is 1.22. The van der Waals surface area contributed by atoms with Crippen LogP contribution >= 0.6 is 0 Å². The van der Waals surface area contributed by atoms with Crippen molar-refractivity contribution in [2.24, 2.45) is 5.73 Å². The van der Waals surface area contributed by atoms with E-state index in [-0.39, 0.29) is 11.4 Å². The first-order valence-electron chi connectivity index (χ1n) is 4.92. The van der Waals surface area contributed by atoms with E-state index in [1.165, 1.54) is 18.2 Å². The smallest absolute Gasteiger partial charge is 0.276 e. The summed E-state index contributed by atoms with van der Waals surface area (Å²) in [4.78, 5) is 10.1. The molecule has 0 atom stereocenters. The molecular formula is C10H13F2N3O2. The van der Waals surface area contributed by atoms with Crippen LogP contribution < -0.4 is 11.1 Å². The normalized spacial score (nSPS) is 11.3. The van der Waals surface area contributed by atoms with Gasteiger partial charge in [0.15, 0.2) is 0 Å². The lowest BCUT2D eigenvalue weighted by molar-refractivity contribution is -0.385. The molecule has 1 rings (SSSR count). The molecule has 0 saturated carbocycles. The van der Waals surface area contributed by atoms with Crippen molar-refractivity contribution in [3.05, 3.63) is 33.9 Å². The second kappa shape index (κ2) is 5.05. The maximum atomic E-state index is 12.9. The minimum absolute atomic E-state index is 0.105. The zero-order valence-corrected chi connectivity index (χ0v) is 9.24. The summed E-state index contributed by atoms with van der Waals surface area (Å²) in [6.45, 7) is 0.161. The fraction of sp³-hybridized carbons (Fsp3) is 0.400. The first-order chi connectivity index (χ1) is 7.85. The van der Waals surface area contributed by atoms with E-state index in [0.717, 1.165) is 0 Å². The largest absolute Gasteiger partial charge is 0.379 e. The Kier molecular flexibility index (Phi) is 3.95. The third-order valence-corrected chi connectivity index (χ3v) is 2.26. The van der Waals surface area contributed by atoms with Gasteiger partial charge in [-0.15, -0.1) is 0 Å². The zero-order valence-electron chi connectivity index (χ0n) is 9.24. The number of benzene rings is 1. The van der Waals surface area contributed by atoms with Crippen LogP contribution in [-0.4, -0.2) is 23.9 Å². The number of hydrogen-bond acceptors (Lipinski definition) is 4. The zero-order chi connectivity index (χ0) is 13.1. The molecule has 0 aromatic heterocycles. The molecule has 0 bridgehead atoms. The summed E-state index contributed by atoms with van der Waals surface area (Å²) in [5.41, 5.74) is 5.52. The van der Waals surface area contributed by atoms with Gasteiger partial charge in [-0.25, -0.2) is 8.78 Å². The number of nitro benzene ring substituents is 1. The van der Waals surface area contributed by atoms with Gasteiger partial charge in [0, 0.05) is 17.3 Å². The van der Waals surface area contributed by atoms with Crippen molar-refractivity contribution in [1.29, 1.82) is 0 Å². The Balaban J connectivity index is 2.80.